The van der Waals surface area contributed by atoms with Crippen LogP contribution >= 0.6 is 0 Å². The van der Waals surface area contributed by atoms with Crippen molar-refractivity contribution in [3.63, 3.8) is 0 Å². The summed E-state index contributed by atoms with van der Waals surface area (Å²) in [5.74, 6) is -0.561. The van der Waals surface area contributed by atoms with Crippen LogP contribution in [0.5, 0.6) is 0 Å². The zero-order valence-electron chi connectivity index (χ0n) is 12.5. The Morgan fingerprint density at radius 1 is 1.33 bits per heavy atom. The van der Waals surface area contributed by atoms with E-state index in [1.807, 2.05) is 0 Å². The van der Waals surface area contributed by atoms with Gasteiger partial charge in [0.1, 0.15) is 5.82 Å². The molecule has 0 radical (unpaired) electrons. The van der Waals surface area contributed by atoms with E-state index in [1.165, 1.54) is 36.2 Å². The third-order valence-corrected chi connectivity index (χ3v) is 5.73. The fourth-order valence-electron chi connectivity index (χ4n) is 2.50. The highest BCUT2D eigenvalue weighted by Gasteiger charge is 2.23. The summed E-state index contributed by atoms with van der Waals surface area (Å²) in [7, 11) is -2.09. The maximum absolute atomic E-state index is 13.5. The van der Waals surface area contributed by atoms with Gasteiger partial charge < -0.3 is 10.6 Å². The topological polar surface area (TPSA) is 66.6 Å². The lowest BCUT2D eigenvalue weighted by Gasteiger charge is -2.21. The second kappa shape index (κ2) is 6.29. The van der Waals surface area contributed by atoms with Gasteiger partial charge in [-0.2, -0.15) is 4.31 Å². The number of hydrogen-bond acceptors (Lipinski definition) is 4. The Labute approximate surface area is 125 Å². The van der Waals surface area contributed by atoms with E-state index < -0.39 is 15.8 Å². The third-order valence-electron chi connectivity index (χ3n) is 3.89. The number of rotatable bonds is 5. The largest absolute Gasteiger partial charge is 0.396 e. The van der Waals surface area contributed by atoms with Gasteiger partial charge in [-0.3, -0.25) is 0 Å². The van der Waals surface area contributed by atoms with Crippen molar-refractivity contribution in [2.75, 3.05) is 39.0 Å². The lowest BCUT2D eigenvalue weighted by Crippen LogP contribution is -2.35. The second-order valence-electron chi connectivity index (χ2n) is 5.52. The maximum Gasteiger partial charge on any atom is 0.242 e. The molecule has 21 heavy (non-hydrogen) atoms. The van der Waals surface area contributed by atoms with Crippen molar-refractivity contribution < 1.29 is 12.8 Å². The molecule has 0 spiro atoms. The monoisotopic (exact) mass is 315 g/mol. The van der Waals surface area contributed by atoms with Gasteiger partial charge in [0.2, 0.25) is 10.0 Å². The SMILES string of the molecule is Cc1cc(S(=O)(=O)N(C)CCN2CCCC2)cc(N)c1F. The fourth-order valence-corrected chi connectivity index (χ4v) is 3.78. The van der Waals surface area contributed by atoms with Crippen LogP contribution in [0, 0.1) is 12.7 Å². The second-order valence-corrected chi connectivity index (χ2v) is 7.56. The molecule has 1 aliphatic rings. The van der Waals surface area contributed by atoms with Crippen LogP contribution < -0.4 is 5.73 Å². The van der Waals surface area contributed by atoms with E-state index in [0.717, 1.165) is 13.1 Å². The molecule has 0 aromatic heterocycles. The molecule has 1 aromatic rings. The molecular formula is C14H22FN3O2S. The van der Waals surface area contributed by atoms with Crippen molar-refractivity contribution in [2.45, 2.75) is 24.7 Å². The maximum atomic E-state index is 13.5. The minimum Gasteiger partial charge on any atom is -0.396 e. The van der Waals surface area contributed by atoms with Crippen LogP contribution in [0.25, 0.3) is 0 Å². The van der Waals surface area contributed by atoms with Gasteiger partial charge in [0, 0.05) is 20.1 Å². The van der Waals surface area contributed by atoms with E-state index in [9.17, 15) is 12.8 Å². The predicted molar refractivity (Wildman–Crippen MR) is 81.0 cm³/mol. The fraction of sp³-hybridized carbons (Fsp3) is 0.571. The highest BCUT2D eigenvalue weighted by molar-refractivity contribution is 7.89. The molecule has 7 heteroatoms. The molecule has 1 heterocycles. The summed E-state index contributed by atoms with van der Waals surface area (Å²) in [5, 5.41) is 0. The molecule has 1 aliphatic heterocycles. The summed E-state index contributed by atoms with van der Waals surface area (Å²) in [4.78, 5) is 2.29. The Kier molecular flexibility index (Phi) is 4.85. The molecule has 1 fully saturated rings. The number of sulfonamides is 1. The van der Waals surface area contributed by atoms with E-state index in [-0.39, 0.29) is 16.1 Å². The minimum absolute atomic E-state index is 0.0443. The molecule has 0 bridgehead atoms. The number of likely N-dealkylation sites (N-methyl/N-ethyl adjacent to an activating group) is 1. The van der Waals surface area contributed by atoms with E-state index in [4.69, 9.17) is 5.73 Å². The summed E-state index contributed by atoms with van der Waals surface area (Å²) in [6.07, 6.45) is 2.34. The number of hydrogen-bond donors (Lipinski definition) is 1. The Morgan fingerprint density at radius 3 is 2.52 bits per heavy atom. The Bertz CT molecular complexity index is 590. The molecular weight excluding hydrogens is 293 g/mol. The average Bonchev–Trinajstić information content (AvgIpc) is 2.94. The van der Waals surface area contributed by atoms with Crippen molar-refractivity contribution in [1.29, 1.82) is 0 Å². The van der Waals surface area contributed by atoms with E-state index >= 15 is 0 Å². The zero-order valence-corrected chi connectivity index (χ0v) is 13.3. The van der Waals surface area contributed by atoms with E-state index in [1.54, 1.807) is 7.05 Å². The van der Waals surface area contributed by atoms with Gasteiger partial charge in [0.25, 0.3) is 0 Å². The minimum atomic E-state index is -3.63. The Hall–Kier alpha value is -1.18. The lowest BCUT2D eigenvalue weighted by molar-refractivity contribution is 0.310. The number of nitrogens with two attached hydrogens (primary N) is 1. The molecule has 0 atom stereocenters. The molecule has 1 aromatic carbocycles. The number of anilines is 1. The molecule has 5 nitrogen and oxygen atoms in total. The number of halogens is 1. The first kappa shape index (κ1) is 16.2. The highest BCUT2D eigenvalue weighted by Crippen LogP contribution is 2.23. The van der Waals surface area contributed by atoms with Gasteiger partial charge >= 0.3 is 0 Å². The normalized spacial score (nSPS) is 16.8. The smallest absolute Gasteiger partial charge is 0.242 e. The average molecular weight is 315 g/mol. The van der Waals surface area contributed by atoms with Crippen molar-refractivity contribution in [3.05, 3.63) is 23.5 Å². The summed E-state index contributed by atoms with van der Waals surface area (Å²) in [5.41, 5.74) is 5.63. The Morgan fingerprint density at radius 2 is 1.95 bits per heavy atom. The predicted octanol–water partition coefficient (Wildman–Crippen LogP) is 1.43. The summed E-state index contributed by atoms with van der Waals surface area (Å²) >= 11 is 0. The van der Waals surface area contributed by atoms with Gasteiger partial charge in [0.15, 0.2) is 0 Å². The first-order valence-corrected chi connectivity index (χ1v) is 8.50. The molecule has 0 amide bonds. The molecule has 2 N–H and O–H groups in total. The molecule has 2 rings (SSSR count). The number of nitrogen functional groups attached to an aromatic ring is 1. The summed E-state index contributed by atoms with van der Waals surface area (Å²) in [6.45, 7) is 4.69. The number of nitrogens with zero attached hydrogens (tertiary/aromatic N) is 2. The first-order chi connectivity index (χ1) is 9.82. The zero-order chi connectivity index (χ0) is 15.6. The van der Waals surface area contributed by atoms with Crippen molar-refractivity contribution >= 4 is 15.7 Å². The number of likely N-dealkylation sites (tertiary alicyclic amines) is 1. The summed E-state index contributed by atoms with van der Waals surface area (Å²) in [6, 6.07) is 2.51. The van der Waals surface area contributed by atoms with Gasteiger partial charge in [-0.25, -0.2) is 12.8 Å². The van der Waals surface area contributed by atoms with Crippen LogP contribution in [0.3, 0.4) is 0 Å². The molecule has 0 unspecified atom stereocenters. The van der Waals surface area contributed by atoms with Crippen LogP contribution in [0.15, 0.2) is 17.0 Å². The highest BCUT2D eigenvalue weighted by atomic mass is 32.2. The van der Waals surface area contributed by atoms with Crippen LogP contribution in [0.4, 0.5) is 10.1 Å². The van der Waals surface area contributed by atoms with Gasteiger partial charge in [-0.15, -0.1) is 0 Å². The molecule has 0 saturated carbocycles. The summed E-state index contributed by atoms with van der Waals surface area (Å²) < 4.78 is 39.8. The first-order valence-electron chi connectivity index (χ1n) is 7.06. The molecule has 1 saturated heterocycles. The quantitative estimate of drug-likeness (QED) is 0.835. The standard InChI is InChI=1S/C14H22FN3O2S/c1-11-9-12(10-13(16)14(11)15)21(19,20)17(2)7-8-18-5-3-4-6-18/h9-10H,3-8,16H2,1-2H3. The van der Waals surface area contributed by atoms with Crippen molar-refractivity contribution in [3.8, 4) is 0 Å². The van der Waals surface area contributed by atoms with Crippen LogP contribution in [-0.2, 0) is 10.0 Å². The molecule has 118 valence electrons. The Balaban J connectivity index is 2.12. The molecule has 0 aliphatic carbocycles. The van der Waals surface area contributed by atoms with Gasteiger partial charge in [-0.1, -0.05) is 0 Å². The van der Waals surface area contributed by atoms with Crippen molar-refractivity contribution in [2.24, 2.45) is 0 Å². The number of aryl methyl sites for hydroxylation is 1. The van der Waals surface area contributed by atoms with E-state index in [0.29, 0.717) is 13.1 Å². The third kappa shape index (κ3) is 3.53. The lowest BCUT2D eigenvalue weighted by atomic mass is 10.2. The van der Waals surface area contributed by atoms with Crippen LogP contribution in [0.2, 0.25) is 0 Å². The van der Waals surface area contributed by atoms with Crippen LogP contribution in [0.1, 0.15) is 18.4 Å². The van der Waals surface area contributed by atoms with Crippen LogP contribution in [-0.4, -0.2) is 50.8 Å². The van der Waals surface area contributed by atoms with Crippen molar-refractivity contribution in [1.82, 2.24) is 9.21 Å². The number of benzene rings is 1. The van der Waals surface area contributed by atoms with Gasteiger partial charge in [0.05, 0.1) is 10.6 Å². The van der Waals surface area contributed by atoms with E-state index in [2.05, 4.69) is 4.90 Å². The van der Waals surface area contributed by atoms with Gasteiger partial charge in [-0.05, 0) is 50.6 Å².